The van der Waals surface area contributed by atoms with Crippen molar-refractivity contribution in [1.29, 1.82) is 0 Å². The zero-order chi connectivity index (χ0) is 19.1. The molecule has 5 heteroatoms. The molecule has 0 heterocycles. The van der Waals surface area contributed by atoms with Gasteiger partial charge in [-0.25, -0.2) is 0 Å². The number of nitrogens with one attached hydrogen (secondary N) is 1. The van der Waals surface area contributed by atoms with E-state index in [-0.39, 0.29) is 12.4 Å². The summed E-state index contributed by atoms with van der Waals surface area (Å²) in [4.78, 5) is 0. The molecule has 0 amide bonds. The molecule has 0 bridgehead atoms. The van der Waals surface area contributed by atoms with E-state index in [1.807, 2.05) is 84.9 Å². The highest BCUT2D eigenvalue weighted by molar-refractivity contribution is 7.79. The van der Waals surface area contributed by atoms with Gasteiger partial charge >= 0.3 is 0 Å². The van der Waals surface area contributed by atoms with E-state index in [1.54, 1.807) is 0 Å². The highest BCUT2D eigenvalue weighted by atomic mass is 35.5. The van der Waals surface area contributed by atoms with Crippen molar-refractivity contribution in [1.82, 2.24) is 0 Å². The first-order valence-electron chi connectivity index (χ1n) is 8.98. The lowest BCUT2D eigenvalue weighted by Gasteiger charge is -2.30. The molecule has 2 N–H and O–H groups in total. The van der Waals surface area contributed by atoms with Gasteiger partial charge in [0, 0.05) is 27.9 Å². The normalized spacial score (nSPS) is 12.5. The lowest BCUT2D eigenvalue weighted by atomic mass is 10.3. The van der Waals surface area contributed by atoms with Gasteiger partial charge < -0.3 is 15.0 Å². The van der Waals surface area contributed by atoms with Crippen LogP contribution in [0.5, 0.6) is 0 Å². The summed E-state index contributed by atoms with van der Waals surface area (Å²) in [5.41, 5.74) is 0.856. The van der Waals surface area contributed by atoms with Gasteiger partial charge in [-0.3, -0.25) is 0 Å². The third-order valence-electron chi connectivity index (χ3n) is 4.53. The minimum Gasteiger partial charge on any atom is -0.396 e. The monoisotopic (exact) mass is 399 g/mol. The number of benzene rings is 3. The summed E-state index contributed by atoms with van der Waals surface area (Å²) < 4.78 is 14.5. The quantitative estimate of drug-likeness (QED) is 0.531. The molecule has 3 aromatic carbocycles. The fraction of sp³-hybridized carbons (Fsp3) is 0.182. The summed E-state index contributed by atoms with van der Waals surface area (Å²) in [5, 5.41) is 15.1. The van der Waals surface area contributed by atoms with Gasteiger partial charge in [-0.05, 0) is 37.1 Å². The molecule has 1 unspecified atom stereocenters. The molecule has 0 aliphatic carbocycles. The number of halogens is 1. The number of aliphatic hydroxyl groups excluding tert-OH is 1. The maximum Gasteiger partial charge on any atom is 0.164 e. The van der Waals surface area contributed by atoms with Gasteiger partial charge in [0.05, 0.1) is 5.78 Å². The third kappa shape index (κ3) is 4.62. The SMILES string of the molecule is O=P(c1ccccc1)(c1ccccc1)C(CCCO)Nc1ccc(Cl)cc1. The van der Waals surface area contributed by atoms with Crippen LogP contribution in [0.3, 0.4) is 0 Å². The highest BCUT2D eigenvalue weighted by Crippen LogP contribution is 2.50. The summed E-state index contributed by atoms with van der Waals surface area (Å²) in [6.07, 6.45) is 1.15. The predicted octanol–water partition coefficient (Wildman–Crippen LogP) is 4.86. The Morgan fingerprint density at radius 2 is 1.37 bits per heavy atom. The predicted molar refractivity (Wildman–Crippen MR) is 115 cm³/mol. The average Bonchev–Trinajstić information content (AvgIpc) is 2.73. The second kappa shape index (κ2) is 9.23. The van der Waals surface area contributed by atoms with Crippen LogP contribution in [0, 0.1) is 0 Å². The van der Waals surface area contributed by atoms with Crippen molar-refractivity contribution in [3.63, 3.8) is 0 Å². The maximum atomic E-state index is 14.5. The van der Waals surface area contributed by atoms with Gasteiger partial charge in [-0.2, -0.15) is 0 Å². The Morgan fingerprint density at radius 3 is 1.85 bits per heavy atom. The molecule has 0 fully saturated rings. The molecule has 0 aliphatic heterocycles. The molecule has 0 spiro atoms. The fourth-order valence-corrected chi connectivity index (χ4v) is 6.43. The van der Waals surface area contributed by atoms with Crippen molar-refractivity contribution < 1.29 is 9.67 Å². The summed E-state index contributed by atoms with van der Waals surface area (Å²) in [6.45, 7) is 0.0579. The Kier molecular flexibility index (Phi) is 6.73. The number of aliphatic hydroxyl groups is 1. The Bertz CT molecular complexity index is 842. The second-order valence-corrected chi connectivity index (χ2v) is 9.77. The molecule has 0 aliphatic rings. The van der Waals surface area contributed by atoms with E-state index in [1.165, 1.54) is 0 Å². The van der Waals surface area contributed by atoms with Gasteiger partial charge in [-0.15, -0.1) is 0 Å². The van der Waals surface area contributed by atoms with E-state index in [9.17, 15) is 9.67 Å². The number of anilines is 1. The van der Waals surface area contributed by atoms with Gasteiger partial charge in [0.2, 0.25) is 0 Å². The van der Waals surface area contributed by atoms with Gasteiger partial charge in [0.1, 0.15) is 0 Å². The summed E-state index contributed by atoms with van der Waals surface area (Å²) in [5.74, 6) is -0.337. The van der Waals surface area contributed by atoms with E-state index < -0.39 is 7.14 Å². The molecule has 0 saturated heterocycles. The van der Waals surface area contributed by atoms with E-state index >= 15 is 0 Å². The molecule has 0 radical (unpaired) electrons. The maximum absolute atomic E-state index is 14.5. The third-order valence-corrected chi connectivity index (χ3v) is 8.18. The molecule has 140 valence electrons. The molecule has 1 atom stereocenters. The Hall–Kier alpha value is -2.06. The topological polar surface area (TPSA) is 49.3 Å². The minimum absolute atomic E-state index is 0.0579. The van der Waals surface area contributed by atoms with Crippen molar-refractivity contribution in [2.24, 2.45) is 0 Å². The number of rotatable bonds is 8. The molecular weight excluding hydrogens is 377 g/mol. The smallest absolute Gasteiger partial charge is 0.164 e. The standard InChI is InChI=1S/C22H23ClNO2P/c23-18-13-15-19(16-14-18)24-22(12-7-17-25)27(26,20-8-3-1-4-9-20)21-10-5-2-6-11-21/h1-6,8-11,13-16,22,24-25H,7,12,17H2. The fourth-order valence-electron chi connectivity index (χ4n) is 3.18. The van der Waals surface area contributed by atoms with Crippen LogP contribution < -0.4 is 15.9 Å². The second-order valence-electron chi connectivity index (χ2n) is 6.36. The Balaban J connectivity index is 2.07. The molecule has 0 saturated carbocycles. The molecular formula is C22H23ClNO2P. The van der Waals surface area contributed by atoms with Crippen molar-refractivity contribution in [3.05, 3.63) is 90.0 Å². The van der Waals surface area contributed by atoms with Crippen LogP contribution in [0.2, 0.25) is 5.02 Å². The van der Waals surface area contributed by atoms with Crippen LogP contribution in [-0.4, -0.2) is 17.5 Å². The van der Waals surface area contributed by atoms with Crippen LogP contribution in [0.25, 0.3) is 0 Å². The zero-order valence-corrected chi connectivity index (χ0v) is 16.6. The van der Waals surface area contributed by atoms with E-state index in [2.05, 4.69) is 5.32 Å². The minimum atomic E-state index is -3.00. The van der Waals surface area contributed by atoms with Crippen LogP contribution in [0.4, 0.5) is 5.69 Å². The van der Waals surface area contributed by atoms with E-state index in [0.29, 0.717) is 17.9 Å². The highest BCUT2D eigenvalue weighted by Gasteiger charge is 2.36. The average molecular weight is 400 g/mol. The largest absolute Gasteiger partial charge is 0.396 e. The van der Waals surface area contributed by atoms with Gasteiger partial charge in [0.25, 0.3) is 0 Å². The van der Waals surface area contributed by atoms with Crippen molar-refractivity contribution in [2.45, 2.75) is 18.6 Å². The van der Waals surface area contributed by atoms with Crippen molar-refractivity contribution >= 4 is 35.0 Å². The molecule has 3 aromatic rings. The molecule has 3 rings (SSSR count). The van der Waals surface area contributed by atoms with Crippen LogP contribution in [0.1, 0.15) is 12.8 Å². The summed E-state index contributed by atoms with van der Waals surface area (Å²) in [6, 6.07) is 26.6. The first kappa shape index (κ1) is 19.7. The van der Waals surface area contributed by atoms with Crippen LogP contribution >= 0.6 is 18.7 Å². The number of hydrogen-bond donors (Lipinski definition) is 2. The summed E-state index contributed by atoms with van der Waals surface area (Å²) in [7, 11) is -3.00. The summed E-state index contributed by atoms with van der Waals surface area (Å²) >= 11 is 6.00. The first-order chi connectivity index (χ1) is 13.1. The van der Waals surface area contributed by atoms with Gasteiger partial charge in [-0.1, -0.05) is 72.3 Å². The Morgan fingerprint density at radius 1 is 0.852 bits per heavy atom. The zero-order valence-electron chi connectivity index (χ0n) is 15.0. The lowest BCUT2D eigenvalue weighted by molar-refractivity contribution is 0.284. The number of hydrogen-bond acceptors (Lipinski definition) is 3. The Labute approximate surface area is 165 Å². The molecule has 3 nitrogen and oxygen atoms in total. The van der Waals surface area contributed by atoms with Crippen molar-refractivity contribution in [2.75, 3.05) is 11.9 Å². The molecule has 27 heavy (non-hydrogen) atoms. The van der Waals surface area contributed by atoms with Crippen molar-refractivity contribution in [3.8, 4) is 0 Å². The van der Waals surface area contributed by atoms with Gasteiger partial charge in [0.15, 0.2) is 7.14 Å². The first-order valence-corrected chi connectivity index (χ1v) is 11.1. The lowest BCUT2D eigenvalue weighted by Crippen LogP contribution is -2.31. The van der Waals surface area contributed by atoms with Crippen LogP contribution in [-0.2, 0) is 4.57 Å². The van der Waals surface area contributed by atoms with Crippen LogP contribution in [0.15, 0.2) is 84.9 Å². The van der Waals surface area contributed by atoms with E-state index in [4.69, 9.17) is 11.6 Å². The van der Waals surface area contributed by atoms with E-state index in [0.717, 1.165) is 16.3 Å². The molecule has 0 aromatic heterocycles.